The van der Waals surface area contributed by atoms with Crippen molar-refractivity contribution in [3.8, 4) is 11.3 Å². The molecule has 0 saturated heterocycles. The Morgan fingerprint density at radius 1 is 1.09 bits per heavy atom. The second-order valence-corrected chi connectivity index (χ2v) is 4.77. The minimum atomic E-state index is -0.309. The molecule has 3 aromatic rings. The van der Waals surface area contributed by atoms with Gasteiger partial charge in [-0.2, -0.15) is 5.10 Å². The molecule has 0 spiro atoms. The Kier molecular flexibility index (Phi) is 4.24. The lowest BCUT2D eigenvalue weighted by Gasteiger charge is -2.03. The zero-order valence-corrected chi connectivity index (χ0v) is 12.0. The van der Waals surface area contributed by atoms with E-state index in [9.17, 15) is 9.18 Å². The second kappa shape index (κ2) is 6.65. The van der Waals surface area contributed by atoms with Crippen molar-refractivity contribution in [2.75, 3.05) is 5.43 Å². The van der Waals surface area contributed by atoms with Crippen LogP contribution in [0.3, 0.4) is 0 Å². The number of H-pyrrole nitrogens is 1. The van der Waals surface area contributed by atoms with E-state index in [1.165, 1.54) is 24.4 Å². The Morgan fingerprint density at radius 3 is 2.57 bits per heavy atom. The molecule has 0 fully saturated rings. The number of aromatic nitrogens is 2. The standard InChI is InChI=1S/C17H13FN4O/c18-14-8-6-12(7-9-14)11-19-22-17-20-15(10-16(23)21-17)13-4-2-1-3-5-13/h1-11H,(H2,20,21,22,23)/b19-11+. The van der Waals surface area contributed by atoms with Gasteiger partial charge in [0.15, 0.2) is 0 Å². The number of anilines is 1. The molecule has 114 valence electrons. The molecule has 0 amide bonds. The van der Waals surface area contributed by atoms with Gasteiger partial charge in [0.05, 0.1) is 11.9 Å². The maximum atomic E-state index is 12.8. The van der Waals surface area contributed by atoms with Gasteiger partial charge in [-0.3, -0.25) is 9.78 Å². The van der Waals surface area contributed by atoms with Crippen LogP contribution in [0.4, 0.5) is 10.3 Å². The first kappa shape index (κ1) is 14.6. The molecule has 1 heterocycles. The van der Waals surface area contributed by atoms with E-state index in [-0.39, 0.29) is 17.3 Å². The summed E-state index contributed by atoms with van der Waals surface area (Å²) in [5.74, 6) is -0.0774. The number of halogens is 1. The maximum absolute atomic E-state index is 12.8. The molecular weight excluding hydrogens is 295 g/mol. The number of hydrazone groups is 1. The molecule has 6 heteroatoms. The Labute approximate surface area is 131 Å². The Bertz CT molecular complexity index is 873. The number of hydrogen-bond acceptors (Lipinski definition) is 4. The number of benzene rings is 2. The molecule has 5 nitrogen and oxygen atoms in total. The van der Waals surface area contributed by atoms with Crippen LogP contribution in [0, 0.1) is 5.82 Å². The van der Waals surface area contributed by atoms with E-state index in [2.05, 4.69) is 20.5 Å². The number of aromatic amines is 1. The van der Waals surface area contributed by atoms with Gasteiger partial charge in [-0.05, 0) is 17.7 Å². The van der Waals surface area contributed by atoms with Crippen LogP contribution in [0.5, 0.6) is 0 Å². The first-order valence-electron chi connectivity index (χ1n) is 6.92. The fourth-order valence-corrected chi connectivity index (χ4v) is 1.98. The highest BCUT2D eigenvalue weighted by molar-refractivity contribution is 5.79. The number of nitrogens with one attached hydrogen (secondary N) is 2. The average Bonchev–Trinajstić information content (AvgIpc) is 2.57. The summed E-state index contributed by atoms with van der Waals surface area (Å²) in [4.78, 5) is 18.6. The van der Waals surface area contributed by atoms with E-state index in [0.717, 1.165) is 11.1 Å². The molecule has 0 atom stereocenters. The molecule has 3 rings (SSSR count). The number of rotatable bonds is 4. The fraction of sp³-hybridized carbons (Fsp3) is 0. The van der Waals surface area contributed by atoms with Crippen LogP contribution in [-0.2, 0) is 0 Å². The Hall–Kier alpha value is -3.28. The van der Waals surface area contributed by atoms with E-state index < -0.39 is 0 Å². The molecule has 2 N–H and O–H groups in total. The monoisotopic (exact) mass is 308 g/mol. The minimum Gasteiger partial charge on any atom is -0.291 e. The van der Waals surface area contributed by atoms with Gasteiger partial charge < -0.3 is 0 Å². The van der Waals surface area contributed by atoms with Crippen LogP contribution in [0.1, 0.15) is 5.56 Å². The predicted molar refractivity (Wildman–Crippen MR) is 87.9 cm³/mol. The molecule has 0 aliphatic carbocycles. The molecule has 2 aromatic carbocycles. The fourth-order valence-electron chi connectivity index (χ4n) is 1.98. The van der Waals surface area contributed by atoms with Crippen LogP contribution in [0.15, 0.2) is 70.6 Å². The van der Waals surface area contributed by atoms with Crippen molar-refractivity contribution < 1.29 is 4.39 Å². The maximum Gasteiger partial charge on any atom is 0.252 e. The molecule has 0 bridgehead atoms. The third kappa shape index (κ3) is 3.88. The number of hydrogen-bond donors (Lipinski definition) is 2. The summed E-state index contributed by atoms with van der Waals surface area (Å²) in [5, 5.41) is 3.99. The van der Waals surface area contributed by atoms with E-state index in [0.29, 0.717) is 5.69 Å². The molecule has 23 heavy (non-hydrogen) atoms. The van der Waals surface area contributed by atoms with Crippen LogP contribution in [0.2, 0.25) is 0 Å². The summed E-state index contributed by atoms with van der Waals surface area (Å²) >= 11 is 0. The van der Waals surface area contributed by atoms with Gasteiger partial charge >= 0.3 is 0 Å². The van der Waals surface area contributed by atoms with E-state index in [1.54, 1.807) is 12.1 Å². The van der Waals surface area contributed by atoms with Crippen molar-refractivity contribution in [1.82, 2.24) is 9.97 Å². The van der Waals surface area contributed by atoms with Gasteiger partial charge in [0, 0.05) is 11.6 Å². The highest BCUT2D eigenvalue weighted by atomic mass is 19.1. The van der Waals surface area contributed by atoms with Crippen molar-refractivity contribution in [3.63, 3.8) is 0 Å². The van der Waals surface area contributed by atoms with E-state index >= 15 is 0 Å². The van der Waals surface area contributed by atoms with Crippen molar-refractivity contribution >= 4 is 12.2 Å². The van der Waals surface area contributed by atoms with Crippen LogP contribution in [0.25, 0.3) is 11.3 Å². The topological polar surface area (TPSA) is 70.1 Å². The molecule has 0 saturated carbocycles. The zero-order chi connectivity index (χ0) is 16.1. The highest BCUT2D eigenvalue weighted by Gasteiger charge is 2.02. The van der Waals surface area contributed by atoms with Gasteiger partial charge in [0.2, 0.25) is 5.95 Å². The summed E-state index contributed by atoms with van der Waals surface area (Å²) in [7, 11) is 0. The molecule has 1 aromatic heterocycles. The Balaban J connectivity index is 1.79. The summed E-state index contributed by atoms with van der Waals surface area (Å²) in [6.07, 6.45) is 1.51. The van der Waals surface area contributed by atoms with Crippen molar-refractivity contribution in [2.45, 2.75) is 0 Å². The third-order valence-electron chi connectivity index (χ3n) is 3.07. The lowest BCUT2D eigenvalue weighted by molar-refractivity contribution is 0.628. The number of nitrogens with zero attached hydrogens (tertiary/aromatic N) is 2. The summed E-state index contributed by atoms with van der Waals surface area (Å²) in [6.45, 7) is 0. The zero-order valence-electron chi connectivity index (χ0n) is 12.0. The smallest absolute Gasteiger partial charge is 0.252 e. The van der Waals surface area contributed by atoms with Gasteiger partial charge in [-0.15, -0.1) is 0 Å². The quantitative estimate of drug-likeness (QED) is 0.575. The van der Waals surface area contributed by atoms with Crippen LogP contribution < -0.4 is 11.0 Å². The third-order valence-corrected chi connectivity index (χ3v) is 3.07. The van der Waals surface area contributed by atoms with Gasteiger partial charge in [0.25, 0.3) is 5.56 Å². The van der Waals surface area contributed by atoms with Crippen molar-refractivity contribution in [3.05, 3.63) is 82.4 Å². The van der Waals surface area contributed by atoms with Gasteiger partial charge in [-0.1, -0.05) is 42.5 Å². The van der Waals surface area contributed by atoms with Crippen LogP contribution in [-0.4, -0.2) is 16.2 Å². The summed E-state index contributed by atoms with van der Waals surface area (Å²) in [5.41, 5.74) is 4.50. The highest BCUT2D eigenvalue weighted by Crippen LogP contribution is 2.15. The summed E-state index contributed by atoms with van der Waals surface area (Å²) < 4.78 is 12.8. The van der Waals surface area contributed by atoms with Gasteiger partial charge in [-0.25, -0.2) is 14.8 Å². The molecular formula is C17H13FN4O. The normalized spacial score (nSPS) is 10.8. The predicted octanol–water partition coefficient (Wildman–Crippen LogP) is 3.02. The second-order valence-electron chi connectivity index (χ2n) is 4.77. The lowest BCUT2D eigenvalue weighted by Crippen LogP contribution is -2.10. The summed E-state index contributed by atoms with van der Waals surface area (Å²) in [6, 6.07) is 16.7. The molecule has 0 aliphatic heterocycles. The first-order chi connectivity index (χ1) is 11.2. The minimum absolute atomic E-state index is 0.231. The van der Waals surface area contributed by atoms with Crippen molar-refractivity contribution in [2.24, 2.45) is 5.10 Å². The van der Waals surface area contributed by atoms with E-state index in [1.807, 2.05) is 30.3 Å². The average molecular weight is 308 g/mol. The molecule has 0 aliphatic rings. The van der Waals surface area contributed by atoms with E-state index in [4.69, 9.17) is 0 Å². The van der Waals surface area contributed by atoms with Crippen LogP contribution >= 0.6 is 0 Å². The lowest BCUT2D eigenvalue weighted by atomic mass is 10.1. The first-order valence-corrected chi connectivity index (χ1v) is 6.92. The Morgan fingerprint density at radius 2 is 1.83 bits per heavy atom. The van der Waals surface area contributed by atoms with Gasteiger partial charge in [0.1, 0.15) is 5.82 Å². The molecule has 0 unspecified atom stereocenters. The van der Waals surface area contributed by atoms with Crippen molar-refractivity contribution in [1.29, 1.82) is 0 Å². The largest absolute Gasteiger partial charge is 0.291 e. The SMILES string of the molecule is O=c1cc(-c2ccccc2)nc(N/N=C/c2ccc(F)cc2)[nH]1. The molecule has 0 radical (unpaired) electrons.